The number of rotatable bonds is 4. The topological polar surface area (TPSA) is 81.4 Å². The average molecular weight is 347 g/mol. The summed E-state index contributed by atoms with van der Waals surface area (Å²) in [5, 5.41) is 0.216. The summed E-state index contributed by atoms with van der Waals surface area (Å²) in [6, 6.07) is 9.12. The van der Waals surface area contributed by atoms with Gasteiger partial charge in [0.1, 0.15) is 10.6 Å². The SMILES string of the molecule is COc1cccc(NS(=O)(=O)c2c(N)cc(Cl)cc2Cl)c1. The Morgan fingerprint density at radius 2 is 1.90 bits per heavy atom. The van der Waals surface area contributed by atoms with E-state index in [2.05, 4.69) is 4.72 Å². The minimum atomic E-state index is -3.94. The fourth-order valence-electron chi connectivity index (χ4n) is 1.76. The monoisotopic (exact) mass is 346 g/mol. The molecule has 0 aliphatic heterocycles. The predicted molar refractivity (Wildman–Crippen MR) is 84.7 cm³/mol. The molecule has 112 valence electrons. The molecule has 0 saturated heterocycles. The van der Waals surface area contributed by atoms with Crippen molar-refractivity contribution in [2.24, 2.45) is 0 Å². The van der Waals surface area contributed by atoms with Gasteiger partial charge < -0.3 is 10.5 Å². The molecule has 0 radical (unpaired) electrons. The van der Waals surface area contributed by atoms with Gasteiger partial charge >= 0.3 is 0 Å². The highest BCUT2D eigenvalue weighted by molar-refractivity contribution is 7.93. The molecule has 3 N–H and O–H groups in total. The molecule has 2 aromatic rings. The van der Waals surface area contributed by atoms with Gasteiger partial charge in [-0.3, -0.25) is 4.72 Å². The maximum atomic E-state index is 12.4. The summed E-state index contributed by atoms with van der Waals surface area (Å²) in [5.74, 6) is 0.519. The molecular formula is C13H12Cl2N2O3S. The van der Waals surface area contributed by atoms with Crippen molar-refractivity contribution >= 4 is 44.6 Å². The normalized spacial score (nSPS) is 11.2. The number of halogens is 2. The molecule has 2 rings (SSSR count). The molecule has 0 bridgehead atoms. The van der Waals surface area contributed by atoms with Gasteiger partial charge in [-0.25, -0.2) is 8.42 Å². The van der Waals surface area contributed by atoms with Crippen LogP contribution in [-0.2, 0) is 10.0 Å². The molecular weight excluding hydrogens is 335 g/mol. The molecule has 0 aliphatic rings. The Labute approximate surface area is 132 Å². The van der Waals surface area contributed by atoms with Gasteiger partial charge in [-0.1, -0.05) is 29.3 Å². The summed E-state index contributed by atoms with van der Waals surface area (Å²) >= 11 is 11.7. The second-order valence-electron chi connectivity index (χ2n) is 4.14. The number of anilines is 2. The van der Waals surface area contributed by atoms with Crippen LogP contribution in [0.5, 0.6) is 5.75 Å². The number of sulfonamides is 1. The van der Waals surface area contributed by atoms with Crippen molar-refractivity contribution in [2.75, 3.05) is 17.6 Å². The van der Waals surface area contributed by atoms with Crippen LogP contribution in [0, 0.1) is 0 Å². The first-order valence-corrected chi connectivity index (χ1v) is 7.99. The first-order chi connectivity index (χ1) is 9.83. The lowest BCUT2D eigenvalue weighted by Crippen LogP contribution is -2.15. The van der Waals surface area contributed by atoms with E-state index in [1.54, 1.807) is 18.2 Å². The van der Waals surface area contributed by atoms with E-state index in [0.717, 1.165) is 0 Å². The van der Waals surface area contributed by atoms with Crippen molar-refractivity contribution in [3.8, 4) is 5.75 Å². The fourth-order valence-corrected chi connectivity index (χ4v) is 3.79. The standard InChI is InChI=1S/C13H12Cl2N2O3S/c1-20-10-4-2-3-9(7-10)17-21(18,19)13-11(15)5-8(14)6-12(13)16/h2-7,17H,16H2,1H3. The minimum absolute atomic E-state index is 0.0251. The lowest BCUT2D eigenvalue weighted by atomic mass is 10.3. The van der Waals surface area contributed by atoms with E-state index in [0.29, 0.717) is 11.4 Å². The van der Waals surface area contributed by atoms with Gasteiger partial charge in [-0.2, -0.15) is 0 Å². The predicted octanol–water partition coefficient (Wildman–Crippen LogP) is 3.39. The highest BCUT2D eigenvalue weighted by Crippen LogP contribution is 2.32. The highest BCUT2D eigenvalue weighted by Gasteiger charge is 2.22. The molecule has 0 aliphatic carbocycles. The zero-order valence-corrected chi connectivity index (χ0v) is 13.3. The van der Waals surface area contributed by atoms with Gasteiger partial charge in [0.15, 0.2) is 0 Å². The van der Waals surface area contributed by atoms with Crippen molar-refractivity contribution in [1.29, 1.82) is 0 Å². The van der Waals surface area contributed by atoms with Gasteiger partial charge in [-0.15, -0.1) is 0 Å². The molecule has 8 heteroatoms. The number of nitrogen functional groups attached to an aromatic ring is 1. The van der Waals surface area contributed by atoms with Gasteiger partial charge in [0, 0.05) is 11.1 Å². The van der Waals surface area contributed by atoms with E-state index in [-0.39, 0.29) is 20.6 Å². The number of hydrogen-bond donors (Lipinski definition) is 2. The number of hydrogen-bond acceptors (Lipinski definition) is 4. The number of nitrogens with two attached hydrogens (primary N) is 1. The van der Waals surface area contributed by atoms with Crippen molar-refractivity contribution in [1.82, 2.24) is 0 Å². The molecule has 0 saturated carbocycles. The summed E-state index contributed by atoms with van der Waals surface area (Å²) < 4.78 is 32.2. The van der Waals surface area contributed by atoms with Crippen molar-refractivity contribution in [2.45, 2.75) is 4.90 Å². The molecule has 0 heterocycles. The fraction of sp³-hybridized carbons (Fsp3) is 0.0769. The van der Waals surface area contributed by atoms with E-state index in [9.17, 15) is 8.42 Å². The second kappa shape index (κ2) is 6.01. The molecule has 0 spiro atoms. The minimum Gasteiger partial charge on any atom is -0.497 e. The Morgan fingerprint density at radius 1 is 1.19 bits per heavy atom. The Morgan fingerprint density at radius 3 is 2.52 bits per heavy atom. The summed E-state index contributed by atoms with van der Waals surface area (Å²) in [4.78, 5) is -0.212. The van der Waals surface area contributed by atoms with Crippen molar-refractivity contribution in [3.63, 3.8) is 0 Å². The Balaban J connectivity index is 2.43. The zero-order valence-electron chi connectivity index (χ0n) is 10.9. The summed E-state index contributed by atoms with van der Waals surface area (Å²) in [6.07, 6.45) is 0. The number of nitrogens with one attached hydrogen (secondary N) is 1. The molecule has 21 heavy (non-hydrogen) atoms. The maximum Gasteiger partial charge on any atom is 0.265 e. The van der Waals surface area contributed by atoms with E-state index < -0.39 is 10.0 Å². The second-order valence-corrected chi connectivity index (χ2v) is 6.61. The van der Waals surface area contributed by atoms with E-state index in [4.69, 9.17) is 33.7 Å². The third-order valence-corrected chi connectivity index (χ3v) is 4.75. The molecule has 5 nitrogen and oxygen atoms in total. The van der Waals surface area contributed by atoms with Crippen LogP contribution >= 0.6 is 23.2 Å². The average Bonchev–Trinajstić information content (AvgIpc) is 2.36. The van der Waals surface area contributed by atoms with Crippen LogP contribution in [0.4, 0.5) is 11.4 Å². The summed E-state index contributed by atoms with van der Waals surface area (Å²) in [5.41, 5.74) is 6.01. The largest absolute Gasteiger partial charge is 0.497 e. The zero-order chi connectivity index (χ0) is 15.6. The van der Waals surface area contributed by atoms with E-state index >= 15 is 0 Å². The quantitative estimate of drug-likeness (QED) is 0.831. The van der Waals surface area contributed by atoms with Crippen LogP contribution in [0.3, 0.4) is 0 Å². The third-order valence-electron chi connectivity index (χ3n) is 2.63. The van der Waals surface area contributed by atoms with Crippen molar-refractivity contribution in [3.05, 3.63) is 46.4 Å². The van der Waals surface area contributed by atoms with Crippen molar-refractivity contribution < 1.29 is 13.2 Å². The van der Waals surface area contributed by atoms with E-state index in [1.807, 2.05) is 0 Å². The first kappa shape index (κ1) is 15.8. The van der Waals surface area contributed by atoms with Gasteiger partial charge in [0.05, 0.1) is 23.5 Å². The van der Waals surface area contributed by atoms with Crippen LogP contribution in [-0.4, -0.2) is 15.5 Å². The third kappa shape index (κ3) is 3.53. The number of benzene rings is 2. The van der Waals surface area contributed by atoms with Crippen LogP contribution in [0.25, 0.3) is 0 Å². The van der Waals surface area contributed by atoms with Crippen LogP contribution < -0.4 is 15.2 Å². The molecule has 0 fully saturated rings. The first-order valence-electron chi connectivity index (χ1n) is 5.75. The molecule has 0 amide bonds. The number of methoxy groups -OCH3 is 1. The van der Waals surface area contributed by atoms with Gasteiger partial charge in [-0.05, 0) is 24.3 Å². The van der Waals surface area contributed by atoms with Gasteiger partial charge in [0.2, 0.25) is 0 Å². The Kier molecular flexibility index (Phi) is 4.51. The maximum absolute atomic E-state index is 12.4. The molecule has 0 unspecified atom stereocenters. The highest BCUT2D eigenvalue weighted by atomic mass is 35.5. The Hall–Kier alpha value is -1.63. The smallest absolute Gasteiger partial charge is 0.265 e. The lowest BCUT2D eigenvalue weighted by molar-refractivity contribution is 0.415. The lowest BCUT2D eigenvalue weighted by Gasteiger charge is -2.12. The van der Waals surface area contributed by atoms with E-state index in [1.165, 1.54) is 25.3 Å². The Bertz CT molecular complexity index is 756. The van der Waals surface area contributed by atoms with Gasteiger partial charge in [0.25, 0.3) is 10.0 Å². The van der Waals surface area contributed by atoms with Crippen LogP contribution in [0.2, 0.25) is 10.0 Å². The number of ether oxygens (including phenoxy) is 1. The molecule has 0 aromatic heterocycles. The molecule has 0 atom stereocenters. The summed E-state index contributed by atoms with van der Waals surface area (Å²) in [7, 11) is -2.45. The molecule has 2 aromatic carbocycles. The van der Waals surface area contributed by atoms with Crippen LogP contribution in [0.1, 0.15) is 0 Å². The summed E-state index contributed by atoms with van der Waals surface area (Å²) in [6.45, 7) is 0. The van der Waals surface area contributed by atoms with Crippen LogP contribution in [0.15, 0.2) is 41.3 Å².